The molecular weight excluding hydrogens is 238 g/mol. The van der Waals surface area contributed by atoms with E-state index in [0.29, 0.717) is 0 Å². The van der Waals surface area contributed by atoms with Crippen LogP contribution in [0.3, 0.4) is 0 Å². The Balaban J connectivity index is 2.69. The van der Waals surface area contributed by atoms with Crippen molar-refractivity contribution in [2.45, 2.75) is 6.54 Å². The topological polar surface area (TPSA) is 70.0 Å². The summed E-state index contributed by atoms with van der Waals surface area (Å²) in [4.78, 5) is 0. The van der Waals surface area contributed by atoms with Crippen LogP contribution in [-0.4, -0.2) is 14.2 Å². The summed E-state index contributed by atoms with van der Waals surface area (Å²) in [6.07, 6.45) is 0. The first-order valence-corrected chi connectivity index (χ1v) is 5.88. The molecule has 0 saturated heterocycles. The minimum atomic E-state index is -3.68. The van der Waals surface area contributed by atoms with E-state index < -0.39 is 27.4 Å². The molecule has 0 unspecified atom stereocenters. The molecule has 0 aliphatic rings. The second-order valence-electron chi connectivity index (χ2n) is 2.99. The highest BCUT2D eigenvalue weighted by atomic mass is 32.2. The van der Waals surface area contributed by atoms with Crippen molar-refractivity contribution in [3.63, 3.8) is 0 Å². The van der Waals surface area contributed by atoms with Gasteiger partial charge in [-0.1, -0.05) is 6.07 Å². The molecule has 0 heterocycles. The fourth-order valence-electron chi connectivity index (χ4n) is 0.979. The molecule has 0 aliphatic heterocycles. The van der Waals surface area contributed by atoms with Crippen LogP contribution in [0, 0.1) is 23.0 Å². The lowest BCUT2D eigenvalue weighted by molar-refractivity contribution is 0.506. The molecule has 0 bridgehead atoms. The SMILES string of the molecule is N#CCS(=O)(=O)NCc1ccc(F)c(F)c1. The number of halogens is 2. The Hall–Kier alpha value is -1.52. The molecule has 16 heavy (non-hydrogen) atoms. The summed E-state index contributed by atoms with van der Waals surface area (Å²) in [6.45, 7) is -0.179. The van der Waals surface area contributed by atoms with E-state index in [1.54, 1.807) is 0 Å². The summed E-state index contributed by atoms with van der Waals surface area (Å²) in [6, 6.07) is 4.54. The smallest absolute Gasteiger partial charge is 0.211 e. The van der Waals surface area contributed by atoms with Crippen LogP contribution < -0.4 is 4.72 Å². The van der Waals surface area contributed by atoms with Gasteiger partial charge in [-0.3, -0.25) is 0 Å². The van der Waals surface area contributed by atoms with Gasteiger partial charge in [0.15, 0.2) is 17.4 Å². The highest BCUT2D eigenvalue weighted by Gasteiger charge is 2.09. The summed E-state index contributed by atoms with van der Waals surface area (Å²) in [5, 5.41) is 8.20. The first kappa shape index (κ1) is 12.5. The van der Waals surface area contributed by atoms with Gasteiger partial charge in [-0.05, 0) is 17.7 Å². The third-order valence-corrected chi connectivity index (χ3v) is 2.83. The Morgan fingerprint density at radius 1 is 1.31 bits per heavy atom. The number of hydrogen-bond donors (Lipinski definition) is 1. The number of benzene rings is 1. The molecule has 0 fully saturated rings. The number of rotatable bonds is 4. The Morgan fingerprint density at radius 2 is 2.00 bits per heavy atom. The lowest BCUT2D eigenvalue weighted by Crippen LogP contribution is -2.25. The van der Waals surface area contributed by atoms with E-state index >= 15 is 0 Å². The third-order valence-electron chi connectivity index (χ3n) is 1.73. The molecule has 1 aromatic rings. The van der Waals surface area contributed by atoms with E-state index in [9.17, 15) is 17.2 Å². The van der Waals surface area contributed by atoms with Crippen molar-refractivity contribution in [3.05, 3.63) is 35.4 Å². The molecular formula is C9H8F2N2O2S. The van der Waals surface area contributed by atoms with Crippen molar-refractivity contribution in [1.29, 1.82) is 5.26 Å². The zero-order valence-corrected chi connectivity index (χ0v) is 8.89. The van der Waals surface area contributed by atoms with Crippen LogP contribution in [-0.2, 0) is 16.6 Å². The minimum Gasteiger partial charge on any atom is -0.211 e. The molecule has 0 amide bonds. The first-order chi connectivity index (χ1) is 7.44. The first-order valence-electron chi connectivity index (χ1n) is 4.23. The molecule has 0 radical (unpaired) electrons. The van der Waals surface area contributed by atoms with E-state index in [1.807, 2.05) is 0 Å². The average Bonchev–Trinajstić information content (AvgIpc) is 2.20. The molecule has 1 N–H and O–H groups in total. The highest BCUT2D eigenvalue weighted by molar-refractivity contribution is 7.89. The van der Waals surface area contributed by atoms with Crippen LogP contribution in [0.1, 0.15) is 5.56 Å². The van der Waals surface area contributed by atoms with E-state index in [1.165, 1.54) is 12.1 Å². The van der Waals surface area contributed by atoms with Crippen LogP contribution >= 0.6 is 0 Å². The van der Waals surface area contributed by atoms with E-state index in [-0.39, 0.29) is 12.1 Å². The standard InChI is InChI=1S/C9H8F2N2O2S/c10-8-2-1-7(5-9(8)11)6-13-16(14,15)4-3-12/h1-2,5,13H,4,6H2. The predicted molar refractivity (Wildman–Crippen MR) is 52.6 cm³/mol. The Morgan fingerprint density at radius 3 is 2.56 bits per heavy atom. The van der Waals surface area contributed by atoms with Gasteiger partial charge in [0.2, 0.25) is 10.0 Å². The second-order valence-corrected chi connectivity index (χ2v) is 4.79. The van der Waals surface area contributed by atoms with Gasteiger partial charge in [0.1, 0.15) is 0 Å². The zero-order chi connectivity index (χ0) is 12.2. The van der Waals surface area contributed by atoms with Gasteiger partial charge in [0, 0.05) is 6.54 Å². The van der Waals surface area contributed by atoms with Gasteiger partial charge in [-0.2, -0.15) is 5.26 Å². The van der Waals surface area contributed by atoms with Gasteiger partial charge >= 0.3 is 0 Å². The van der Waals surface area contributed by atoms with Crippen molar-refractivity contribution in [3.8, 4) is 6.07 Å². The number of hydrogen-bond acceptors (Lipinski definition) is 3. The molecule has 0 spiro atoms. The summed E-state index contributed by atoms with van der Waals surface area (Å²) < 4.78 is 49.5. The minimum absolute atomic E-state index is 0.179. The van der Waals surface area contributed by atoms with Crippen molar-refractivity contribution in [2.75, 3.05) is 5.75 Å². The van der Waals surface area contributed by atoms with E-state index in [4.69, 9.17) is 5.26 Å². The fourth-order valence-corrected chi connectivity index (χ4v) is 1.64. The lowest BCUT2D eigenvalue weighted by atomic mass is 10.2. The molecule has 0 atom stereocenters. The van der Waals surface area contributed by atoms with Gasteiger partial charge < -0.3 is 0 Å². The maximum absolute atomic E-state index is 12.7. The Kier molecular flexibility index (Phi) is 3.93. The van der Waals surface area contributed by atoms with Crippen LogP contribution in [0.25, 0.3) is 0 Å². The van der Waals surface area contributed by atoms with Crippen molar-refractivity contribution >= 4 is 10.0 Å². The van der Waals surface area contributed by atoms with Gasteiger partial charge in [-0.25, -0.2) is 21.9 Å². The molecule has 86 valence electrons. The highest BCUT2D eigenvalue weighted by Crippen LogP contribution is 2.08. The predicted octanol–water partition coefficient (Wildman–Crippen LogP) is 0.908. The summed E-state index contributed by atoms with van der Waals surface area (Å²) >= 11 is 0. The van der Waals surface area contributed by atoms with E-state index in [0.717, 1.165) is 12.1 Å². The van der Waals surface area contributed by atoms with Gasteiger partial charge in [0.05, 0.1) is 6.07 Å². The molecule has 1 rings (SSSR count). The molecule has 0 aliphatic carbocycles. The summed E-state index contributed by atoms with van der Waals surface area (Å²) in [5.41, 5.74) is 0.278. The molecule has 7 heteroatoms. The van der Waals surface area contributed by atoms with Crippen LogP contribution in [0.15, 0.2) is 18.2 Å². The van der Waals surface area contributed by atoms with Crippen LogP contribution in [0.5, 0.6) is 0 Å². The number of sulfonamides is 1. The lowest BCUT2D eigenvalue weighted by Gasteiger charge is -2.03. The van der Waals surface area contributed by atoms with Crippen molar-refractivity contribution in [2.24, 2.45) is 0 Å². The largest absolute Gasteiger partial charge is 0.225 e. The molecule has 4 nitrogen and oxygen atoms in total. The number of nitrogens with zero attached hydrogens (tertiary/aromatic N) is 1. The molecule has 0 saturated carbocycles. The van der Waals surface area contributed by atoms with Crippen LogP contribution in [0.4, 0.5) is 8.78 Å². The monoisotopic (exact) mass is 246 g/mol. The summed E-state index contributed by atoms with van der Waals surface area (Å²) in [7, 11) is -3.68. The normalized spacial score (nSPS) is 11.1. The fraction of sp³-hybridized carbons (Fsp3) is 0.222. The maximum Gasteiger partial charge on any atom is 0.225 e. The van der Waals surface area contributed by atoms with E-state index in [2.05, 4.69) is 4.72 Å². The van der Waals surface area contributed by atoms with Gasteiger partial charge in [-0.15, -0.1) is 0 Å². The Bertz CT molecular complexity index is 523. The third kappa shape index (κ3) is 3.56. The molecule has 0 aromatic heterocycles. The Labute approximate surface area is 91.6 Å². The molecule has 1 aromatic carbocycles. The zero-order valence-electron chi connectivity index (χ0n) is 8.07. The van der Waals surface area contributed by atoms with Gasteiger partial charge in [0.25, 0.3) is 0 Å². The number of nitriles is 1. The average molecular weight is 246 g/mol. The quantitative estimate of drug-likeness (QED) is 0.858. The van der Waals surface area contributed by atoms with Crippen molar-refractivity contribution in [1.82, 2.24) is 4.72 Å². The van der Waals surface area contributed by atoms with Crippen molar-refractivity contribution < 1.29 is 17.2 Å². The maximum atomic E-state index is 12.7. The second kappa shape index (κ2) is 5.01. The number of nitrogens with one attached hydrogen (secondary N) is 1. The van der Waals surface area contributed by atoms with Crippen LogP contribution in [0.2, 0.25) is 0 Å². The summed E-state index contributed by atoms with van der Waals surface area (Å²) in [5.74, 6) is -2.71.